The zero-order valence-electron chi connectivity index (χ0n) is 15.9. The maximum atomic E-state index is 12.2. The van der Waals surface area contributed by atoms with Crippen LogP contribution in [0.2, 0.25) is 0 Å². The molecule has 8 nitrogen and oxygen atoms in total. The topological polar surface area (TPSA) is 111 Å². The summed E-state index contributed by atoms with van der Waals surface area (Å²) in [6.45, 7) is 5.31. The van der Waals surface area contributed by atoms with Gasteiger partial charge in [0.25, 0.3) is 0 Å². The largest absolute Gasteiger partial charge is 0.489 e. The molecule has 0 aliphatic rings. The van der Waals surface area contributed by atoms with Gasteiger partial charge in [-0.25, -0.2) is 4.79 Å². The summed E-state index contributed by atoms with van der Waals surface area (Å²) in [5.41, 5.74) is 0.966. The number of carbonyl (C=O) groups excluding carboxylic acids is 1. The molecular formula is C19H24N2O6. The van der Waals surface area contributed by atoms with Gasteiger partial charge in [0.2, 0.25) is 5.91 Å². The highest BCUT2D eigenvalue weighted by atomic mass is 16.5. The van der Waals surface area contributed by atoms with Crippen LogP contribution >= 0.6 is 0 Å². The van der Waals surface area contributed by atoms with Gasteiger partial charge in [-0.05, 0) is 38.5 Å². The second-order valence-electron chi connectivity index (χ2n) is 6.53. The summed E-state index contributed by atoms with van der Waals surface area (Å²) in [5.74, 6) is -0.186. The highest BCUT2D eigenvalue weighted by molar-refractivity contribution is 5.87. The number of nitrogens with zero attached hydrogens (tertiary/aromatic N) is 1. The van der Waals surface area contributed by atoms with E-state index in [4.69, 9.17) is 14.0 Å². The van der Waals surface area contributed by atoms with Crippen LogP contribution < -0.4 is 10.1 Å². The van der Waals surface area contributed by atoms with Crippen LogP contribution in [-0.2, 0) is 27.4 Å². The predicted molar refractivity (Wildman–Crippen MR) is 96.5 cm³/mol. The van der Waals surface area contributed by atoms with Crippen molar-refractivity contribution in [3.63, 3.8) is 0 Å². The Bertz CT molecular complexity index is 780. The van der Waals surface area contributed by atoms with Crippen LogP contribution in [0.15, 0.2) is 28.8 Å². The van der Waals surface area contributed by atoms with Gasteiger partial charge in [0.05, 0.1) is 24.3 Å². The predicted octanol–water partition coefficient (Wildman–Crippen LogP) is 2.02. The van der Waals surface area contributed by atoms with Crippen molar-refractivity contribution in [2.24, 2.45) is 0 Å². The minimum absolute atomic E-state index is 0.0523. The Morgan fingerprint density at radius 2 is 1.93 bits per heavy atom. The van der Waals surface area contributed by atoms with E-state index in [2.05, 4.69) is 10.5 Å². The summed E-state index contributed by atoms with van der Waals surface area (Å²) in [6, 6.07) is 7.03. The Morgan fingerprint density at radius 3 is 2.44 bits per heavy atom. The molecule has 1 aromatic carbocycles. The number of aromatic nitrogens is 1. The van der Waals surface area contributed by atoms with Gasteiger partial charge in [0.15, 0.2) is 5.54 Å². The van der Waals surface area contributed by atoms with Crippen LogP contribution in [0, 0.1) is 13.8 Å². The summed E-state index contributed by atoms with van der Waals surface area (Å²) in [6.07, 6.45) is 0.0523. The lowest BCUT2D eigenvalue weighted by Crippen LogP contribution is -2.55. The number of aryl methyl sites for hydroxylation is 2. The maximum Gasteiger partial charge on any atom is 0.331 e. The number of amides is 1. The van der Waals surface area contributed by atoms with E-state index >= 15 is 0 Å². The van der Waals surface area contributed by atoms with Crippen LogP contribution in [0.1, 0.15) is 29.5 Å². The number of nitrogens with one attached hydrogen (secondary N) is 1. The molecule has 1 amide bonds. The van der Waals surface area contributed by atoms with Gasteiger partial charge in [-0.2, -0.15) is 0 Å². The second-order valence-corrected chi connectivity index (χ2v) is 6.53. The Balaban J connectivity index is 1.93. The second kappa shape index (κ2) is 8.68. The summed E-state index contributed by atoms with van der Waals surface area (Å²) in [7, 11) is 1.38. The molecule has 8 heteroatoms. The SMILES string of the molecule is COCC(C)(NC(=O)Cc1ccc(OCc2c(C)noc2C)cc1)C(=O)O. The number of ether oxygens (including phenoxy) is 2. The Labute approximate surface area is 157 Å². The number of hydrogen-bond donors (Lipinski definition) is 2. The zero-order valence-corrected chi connectivity index (χ0v) is 15.9. The molecule has 1 heterocycles. The van der Waals surface area contributed by atoms with Crippen molar-refractivity contribution >= 4 is 11.9 Å². The third-order valence-electron chi connectivity index (χ3n) is 4.17. The summed E-state index contributed by atoms with van der Waals surface area (Å²) in [5, 5.41) is 15.6. The summed E-state index contributed by atoms with van der Waals surface area (Å²) in [4.78, 5) is 23.5. The van der Waals surface area contributed by atoms with E-state index in [-0.39, 0.29) is 13.0 Å². The Kier molecular flexibility index (Phi) is 6.57. The number of methoxy groups -OCH3 is 1. The summed E-state index contributed by atoms with van der Waals surface area (Å²) < 4.78 is 15.7. The molecule has 0 saturated heterocycles. The molecule has 0 aliphatic carbocycles. The smallest absolute Gasteiger partial charge is 0.331 e. The van der Waals surface area contributed by atoms with E-state index in [1.54, 1.807) is 24.3 Å². The molecule has 1 aromatic heterocycles. The molecule has 0 aliphatic heterocycles. The molecule has 0 fully saturated rings. The van der Waals surface area contributed by atoms with Gasteiger partial charge in [-0.15, -0.1) is 0 Å². The van der Waals surface area contributed by atoms with Crippen LogP contribution in [0.4, 0.5) is 0 Å². The molecule has 1 atom stereocenters. The third kappa shape index (κ3) is 5.30. The maximum absolute atomic E-state index is 12.2. The Morgan fingerprint density at radius 1 is 1.26 bits per heavy atom. The van der Waals surface area contributed by atoms with Crippen molar-refractivity contribution in [1.82, 2.24) is 10.5 Å². The number of carboxylic acid groups (broad SMARTS) is 1. The van der Waals surface area contributed by atoms with Crippen LogP contribution in [0.3, 0.4) is 0 Å². The van der Waals surface area contributed by atoms with Gasteiger partial charge in [0, 0.05) is 7.11 Å². The zero-order chi connectivity index (χ0) is 20.0. The molecule has 0 radical (unpaired) electrons. The van der Waals surface area contributed by atoms with E-state index in [0.29, 0.717) is 12.4 Å². The average molecular weight is 376 g/mol. The van der Waals surface area contributed by atoms with Crippen molar-refractivity contribution in [3.8, 4) is 5.75 Å². The van der Waals surface area contributed by atoms with Crippen LogP contribution in [0.25, 0.3) is 0 Å². The first kappa shape index (κ1) is 20.4. The monoisotopic (exact) mass is 376 g/mol. The van der Waals surface area contributed by atoms with Crippen LogP contribution in [-0.4, -0.2) is 41.4 Å². The lowest BCUT2D eigenvalue weighted by Gasteiger charge is -2.25. The van der Waals surface area contributed by atoms with Crippen molar-refractivity contribution in [2.45, 2.75) is 39.3 Å². The molecule has 2 aromatic rings. The molecular weight excluding hydrogens is 352 g/mol. The molecule has 27 heavy (non-hydrogen) atoms. The van der Waals surface area contributed by atoms with E-state index in [1.165, 1.54) is 14.0 Å². The normalized spacial score (nSPS) is 13.0. The van der Waals surface area contributed by atoms with E-state index in [1.807, 2.05) is 13.8 Å². The molecule has 0 bridgehead atoms. The van der Waals surface area contributed by atoms with Gasteiger partial charge in [-0.3, -0.25) is 4.79 Å². The molecule has 0 spiro atoms. The van der Waals surface area contributed by atoms with Crippen molar-refractivity contribution in [2.75, 3.05) is 13.7 Å². The molecule has 0 saturated carbocycles. The minimum atomic E-state index is -1.47. The summed E-state index contributed by atoms with van der Waals surface area (Å²) >= 11 is 0. The third-order valence-corrected chi connectivity index (χ3v) is 4.17. The molecule has 2 N–H and O–H groups in total. The number of carbonyl (C=O) groups is 2. The standard InChI is InChI=1S/C19H24N2O6/c1-12-16(13(2)27-21-12)10-26-15-7-5-14(6-8-15)9-17(22)20-19(3,11-25-4)18(23)24/h5-8H,9-11H2,1-4H3,(H,20,22)(H,23,24). The van der Waals surface area contributed by atoms with E-state index in [9.17, 15) is 14.7 Å². The van der Waals surface area contributed by atoms with E-state index < -0.39 is 17.4 Å². The van der Waals surface area contributed by atoms with Crippen molar-refractivity contribution < 1.29 is 28.7 Å². The van der Waals surface area contributed by atoms with Crippen LogP contribution in [0.5, 0.6) is 5.75 Å². The first-order chi connectivity index (χ1) is 12.7. The minimum Gasteiger partial charge on any atom is -0.489 e. The van der Waals surface area contributed by atoms with Gasteiger partial charge in [0.1, 0.15) is 18.1 Å². The molecule has 1 unspecified atom stereocenters. The molecule has 146 valence electrons. The molecule has 2 rings (SSSR count). The fourth-order valence-corrected chi connectivity index (χ4v) is 2.54. The van der Waals surface area contributed by atoms with Gasteiger partial charge >= 0.3 is 5.97 Å². The first-order valence-electron chi connectivity index (χ1n) is 8.42. The quantitative estimate of drug-likeness (QED) is 0.689. The highest BCUT2D eigenvalue weighted by Gasteiger charge is 2.34. The fourth-order valence-electron chi connectivity index (χ4n) is 2.54. The average Bonchev–Trinajstić information content (AvgIpc) is 2.92. The van der Waals surface area contributed by atoms with Gasteiger partial charge < -0.3 is 24.4 Å². The number of benzene rings is 1. The lowest BCUT2D eigenvalue weighted by atomic mass is 10.0. The van der Waals surface area contributed by atoms with Crippen molar-refractivity contribution in [3.05, 3.63) is 46.8 Å². The van der Waals surface area contributed by atoms with Gasteiger partial charge in [-0.1, -0.05) is 17.3 Å². The number of hydrogen-bond acceptors (Lipinski definition) is 6. The number of carboxylic acids is 1. The Hall–Kier alpha value is -2.87. The number of rotatable bonds is 9. The van der Waals surface area contributed by atoms with E-state index in [0.717, 1.165) is 22.6 Å². The number of aliphatic carboxylic acids is 1. The fraction of sp³-hybridized carbons (Fsp3) is 0.421. The lowest BCUT2D eigenvalue weighted by molar-refractivity contribution is -0.149. The highest BCUT2D eigenvalue weighted by Crippen LogP contribution is 2.18. The first-order valence-corrected chi connectivity index (χ1v) is 8.42. The van der Waals surface area contributed by atoms with Crippen molar-refractivity contribution in [1.29, 1.82) is 0 Å².